The molecule has 1 atom stereocenters. The Balaban J connectivity index is 1.33. The number of nitrogens with zero attached hydrogens (tertiary/aromatic N) is 5. The van der Waals surface area contributed by atoms with Crippen LogP contribution in [0, 0.1) is 0 Å². The van der Waals surface area contributed by atoms with E-state index >= 15 is 0 Å². The maximum Gasteiger partial charge on any atom is 0.314 e. The van der Waals surface area contributed by atoms with Crippen molar-refractivity contribution < 1.29 is 19.4 Å². The van der Waals surface area contributed by atoms with Crippen molar-refractivity contribution in [2.75, 3.05) is 6.61 Å². The van der Waals surface area contributed by atoms with E-state index in [2.05, 4.69) is 20.5 Å². The van der Waals surface area contributed by atoms with Gasteiger partial charge in [-0.2, -0.15) is 0 Å². The fraction of sp³-hybridized carbons (Fsp3) is 0.250. The Bertz CT molecular complexity index is 1110. The van der Waals surface area contributed by atoms with Gasteiger partial charge in [-0.1, -0.05) is 30.4 Å². The molecule has 0 aliphatic rings. The molecule has 2 aromatic heterocycles. The number of carbonyl (C=O) groups is 1. The van der Waals surface area contributed by atoms with E-state index in [1.807, 2.05) is 24.3 Å². The molecular formula is C20H19N5O4S. The van der Waals surface area contributed by atoms with Gasteiger partial charge in [0.1, 0.15) is 24.0 Å². The van der Waals surface area contributed by atoms with Gasteiger partial charge in [0.15, 0.2) is 5.82 Å². The first kappa shape index (κ1) is 19.8. The number of aromatic nitrogens is 5. The van der Waals surface area contributed by atoms with Gasteiger partial charge in [-0.3, -0.25) is 4.79 Å². The SMILES string of the molecule is CCC(C(=O)O)c1nnnn1CCOc1ccc(Oc2nc3ccccc3s2)cc1. The van der Waals surface area contributed by atoms with Gasteiger partial charge < -0.3 is 14.6 Å². The lowest BCUT2D eigenvalue weighted by molar-refractivity contribution is -0.139. The molecule has 0 radical (unpaired) electrons. The topological polar surface area (TPSA) is 112 Å². The zero-order valence-electron chi connectivity index (χ0n) is 16.1. The molecule has 4 aromatic rings. The van der Waals surface area contributed by atoms with Gasteiger partial charge in [-0.05, 0) is 53.2 Å². The van der Waals surface area contributed by atoms with Crippen molar-refractivity contribution in [2.45, 2.75) is 25.8 Å². The van der Waals surface area contributed by atoms with Crippen molar-refractivity contribution in [1.29, 1.82) is 0 Å². The number of rotatable bonds is 9. The first-order valence-electron chi connectivity index (χ1n) is 9.39. The first-order valence-corrected chi connectivity index (χ1v) is 10.2. The minimum atomic E-state index is -0.946. The summed E-state index contributed by atoms with van der Waals surface area (Å²) in [5.74, 6) is -0.0340. The number of ether oxygens (including phenoxy) is 2. The predicted molar refractivity (Wildman–Crippen MR) is 110 cm³/mol. The number of thiazole rings is 1. The summed E-state index contributed by atoms with van der Waals surface area (Å²) in [5.41, 5.74) is 0.910. The lowest BCUT2D eigenvalue weighted by Gasteiger charge is -2.11. The summed E-state index contributed by atoms with van der Waals surface area (Å²) in [6.07, 6.45) is 0.409. The Hall–Kier alpha value is -3.53. The van der Waals surface area contributed by atoms with Crippen molar-refractivity contribution in [1.82, 2.24) is 25.2 Å². The summed E-state index contributed by atoms with van der Waals surface area (Å²) in [5, 5.41) is 21.2. The van der Waals surface area contributed by atoms with Crippen LogP contribution in [0.15, 0.2) is 48.5 Å². The Morgan fingerprint density at radius 1 is 1.17 bits per heavy atom. The molecule has 0 bridgehead atoms. The molecule has 154 valence electrons. The number of para-hydroxylation sites is 1. The zero-order chi connectivity index (χ0) is 20.9. The molecule has 0 saturated heterocycles. The lowest BCUT2D eigenvalue weighted by atomic mass is 10.1. The van der Waals surface area contributed by atoms with E-state index in [0.29, 0.717) is 42.1 Å². The average molecular weight is 425 g/mol. The van der Waals surface area contributed by atoms with Gasteiger partial charge >= 0.3 is 5.97 Å². The summed E-state index contributed by atoms with van der Waals surface area (Å²) in [7, 11) is 0. The molecule has 10 heteroatoms. The third-order valence-corrected chi connectivity index (χ3v) is 5.37. The standard InChI is InChI=1S/C20H19N5O4S/c1-2-15(19(26)27)18-22-23-24-25(18)11-12-28-13-7-9-14(10-8-13)29-20-21-16-5-3-4-6-17(16)30-20/h3-10,15H,2,11-12H2,1H3,(H,26,27). The van der Waals surface area contributed by atoms with Crippen LogP contribution >= 0.6 is 11.3 Å². The monoisotopic (exact) mass is 425 g/mol. The molecule has 1 unspecified atom stereocenters. The number of hydrogen-bond donors (Lipinski definition) is 1. The van der Waals surface area contributed by atoms with Crippen LogP contribution in [0.25, 0.3) is 10.2 Å². The van der Waals surface area contributed by atoms with E-state index in [9.17, 15) is 9.90 Å². The summed E-state index contributed by atoms with van der Waals surface area (Å²) >= 11 is 1.49. The Morgan fingerprint density at radius 3 is 2.67 bits per heavy atom. The minimum absolute atomic E-state index is 0.298. The summed E-state index contributed by atoms with van der Waals surface area (Å²) in [6, 6.07) is 15.1. The molecule has 30 heavy (non-hydrogen) atoms. The molecule has 0 spiro atoms. The van der Waals surface area contributed by atoms with Crippen LogP contribution in [0.2, 0.25) is 0 Å². The lowest BCUT2D eigenvalue weighted by Crippen LogP contribution is -2.19. The van der Waals surface area contributed by atoms with Crippen LogP contribution < -0.4 is 9.47 Å². The number of tetrazole rings is 1. The molecule has 0 amide bonds. The number of benzene rings is 2. The number of aliphatic carboxylic acids is 1. The summed E-state index contributed by atoms with van der Waals surface area (Å²) in [6.45, 7) is 2.43. The first-order chi connectivity index (χ1) is 14.6. The number of hydrogen-bond acceptors (Lipinski definition) is 8. The second kappa shape index (κ2) is 8.87. The molecule has 1 N–H and O–H groups in total. The van der Waals surface area contributed by atoms with Crippen molar-refractivity contribution in [3.63, 3.8) is 0 Å². The number of carboxylic acid groups (broad SMARTS) is 1. The van der Waals surface area contributed by atoms with Gasteiger partial charge in [0, 0.05) is 0 Å². The third kappa shape index (κ3) is 4.38. The Kier molecular flexibility index (Phi) is 5.84. The second-order valence-corrected chi connectivity index (χ2v) is 7.42. The molecule has 2 heterocycles. The maximum atomic E-state index is 11.3. The van der Waals surface area contributed by atoms with Crippen molar-refractivity contribution in [3.05, 3.63) is 54.4 Å². The molecule has 0 saturated carbocycles. The second-order valence-electron chi connectivity index (χ2n) is 6.43. The van der Waals surface area contributed by atoms with E-state index in [1.54, 1.807) is 31.2 Å². The maximum absolute atomic E-state index is 11.3. The smallest absolute Gasteiger partial charge is 0.314 e. The van der Waals surface area contributed by atoms with Gasteiger partial charge in [0.2, 0.25) is 0 Å². The normalized spacial score (nSPS) is 12.0. The van der Waals surface area contributed by atoms with Crippen molar-refractivity contribution in [3.8, 4) is 16.7 Å². The zero-order valence-corrected chi connectivity index (χ0v) is 17.0. The third-order valence-electron chi connectivity index (χ3n) is 4.45. The van der Waals surface area contributed by atoms with Crippen LogP contribution in [0.3, 0.4) is 0 Å². The molecule has 0 fully saturated rings. The minimum Gasteiger partial charge on any atom is -0.492 e. The number of carboxylic acids is 1. The fourth-order valence-corrected chi connectivity index (χ4v) is 3.77. The number of fused-ring (bicyclic) bond motifs is 1. The van der Waals surface area contributed by atoms with Gasteiger partial charge in [0.25, 0.3) is 5.19 Å². The molecule has 2 aromatic carbocycles. The molecular weight excluding hydrogens is 406 g/mol. The quantitative estimate of drug-likeness (QED) is 0.432. The van der Waals surface area contributed by atoms with Crippen molar-refractivity contribution >= 4 is 27.5 Å². The highest BCUT2D eigenvalue weighted by Gasteiger charge is 2.24. The van der Waals surface area contributed by atoms with Crippen LogP contribution in [0.5, 0.6) is 16.7 Å². The van der Waals surface area contributed by atoms with Gasteiger partial charge in [-0.15, -0.1) is 5.10 Å². The Labute approximate surface area is 175 Å². The average Bonchev–Trinajstić information content (AvgIpc) is 3.36. The van der Waals surface area contributed by atoms with E-state index < -0.39 is 11.9 Å². The Morgan fingerprint density at radius 2 is 1.93 bits per heavy atom. The molecule has 9 nitrogen and oxygen atoms in total. The van der Waals surface area contributed by atoms with E-state index in [0.717, 1.165) is 10.2 Å². The van der Waals surface area contributed by atoms with Crippen LogP contribution in [-0.2, 0) is 11.3 Å². The van der Waals surface area contributed by atoms with Gasteiger partial charge in [0.05, 0.1) is 16.8 Å². The van der Waals surface area contributed by atoms with Crippen molar-refractivity contribution in [2.24, 2.45) is 0 Å². The fourth-order valence-electron chi connectivity index (χ4n) is 2.94. The van der Waals surface area contributed by atoms with E-state index in [-0.39, 0.29) is 0 Å². The van der Waals surface area contributed by atoms with Crippen LogP contribution in [-0.4, -0.2) is 42.9 Å². The highest BCUT2D eigenvalue weighted by atomic mass is 32.1. The summed E-state index contributed by atoms with van der Waals surface area (Å²) in [4.78, 5) is 15.8. The largest absolute Gasteiger partial charge is 0.492 e. The van der Waals surface area contributed by atoms with Gasteiger partial charge in [-0.25, -0.2) is 9.67 Å². The van der Waals surface area contributed by atoms with E-state index in [1.165, 1.54) is 16.0 Å². The summed E-state index contributed by atoms with van der Waals surface area (Å²) < 4.78 is 14.1. The van der Waals surface area contributed by atoms with Crippen LogP contribution in [0.4, 0.5) is 0 Å². The molecule has 0 aliphatic carbocycles. The molecule has 4 rings (SSSR count). The predicted octanol–water partition coefficient (Wildman–Crippen LogP) is 3.73. The molecule has 0 aliphatic heterocycles. The van der Waals surface area contributed by atoms with Crippen LogP contribution in [0.1, 0.15) is 25.1 Å². The highest BCUT2D eigenvalue weighted by molar-refractivity contribution is 7.20. The highest BCUT2D eigenvalue weighted by Crippen LogP contribution is 2.31. The van der Waals surface area contributed by atoms with E-state index in [4.69, 9.17) is 9.47 Å².